The van der Waals surface area contributed by atoms with Crippen molar-refractivity contribution in [1.82, 2.24) is 4.90 Å². The van der Waals surface area contributed by atoms with Crippen LogP contribution >= 0.6 is 0 Å². The molecule has 0 aromatic heterocycles. The summed E-state index contributed by atoms with van der Waals surface area (Å²) >= 11 is 0. The molecule has 5 heteroatoms. The summed E-state index contributed by atoms with van der Waals surface area (Å²) in [4.78, 5) is 2.49. The molecule has 0 radical (unpaired) electrons. The van der Waals surface area contributed by atoms with Crippen molar-refractivity contribution in [1.29, 1.82) is 0 Å². The molecule has 0 aliphatic carbocycles. The number of aryl methyl sites for hydroxylation is 1. The number of rotatable bonds is 3. The Morgan fingerprint density at radius 1 is 1.30 bits per heavy atom. The van der Waals surface area contributed by atoms with Crippen LogP contribution in [0.25, 0.3) is 0 Å². The van der Waals surface area contributed by atoms with Gasteiger partial charge >= 0.3 is 0 Å². The third-order valence-electron chi connectivity index (χ3n) is 6.29. The molecule has 3 fully saturated rings. The van der Waals surface area contributed by atoms with E-state index in [9.17, 15) is 5.11 Å². The number of nitrogens with zero attached hydrogens (tertiary/aromatic N) is 1. The number of likely N-dealkylation sites (tertiary alicyclic amines) is 1. The van der Waals surface area contributed by atoms with Gasteiger partial charge in [-0.15, -0.1) is 0 Å². The molecule has 4 atom stereocenters. The van der Waals surface area contributed by atoms with Crippen LogP contribution in [-0.2, 0) is 11.3 Å². The van der Waals surface area contributed by atoms with E-state index in [4.69, 9.17) is 14.2 Å². The largest absolute Gasteiger partial charge is 0.454 e. The average Bonchev–Trinajstić information content (AvgIpc) is 3.25. The lowest BCUT2D eigenvalue weighted by Gasteiger charge is -2.28. The molecule has 5 nitrogen and oxygen atoms in total. The van der Waals surface area contributed by atoms with Crippen molar-refractivity contribution in [2.24, 2.45) is 11.8 Å². The maximum absolute atomic E-state index is 9.73. The van der Waals surface area contributed by atoms with E-state index in [1.807, 2.05) is 0 Å². The van der Waals surface area contributed by atoms with E-state index in [-0.39, 0.29) is 12.2 Å². The number of aliphatic hydroxyl groups excluding tert-OH is 1. The lowest BCUT2D eigenvalue weighted by Crippen LogP contribution is -2.37. The Hall–Kier alpha value is -1.30. The predicted molar refractivity (Wildman–Crippen MR) is 83.5 cm³/mol. The van der Waals surface area contributed by atoms with Crippen LogP contribution in [0.1, 0.15) is 24.0 Å². The minimum atomic E-state index is 0.00229. The third-order valence-corrected chi connectivity index (χ3v) is 6.29. The Morgan fingerprint density at radius 3 is 2.96 bits per heavy atom. The van der Waals surface area contributed by atoms with Gasteiger partial charge in [0.2, 0.25) is 6.79 Å². The number of aliphatic hydroxyl groups is 1. The van der Waals surface area contributed by atoms with Crippen LogP contribution in [-0.4, -0.2) is 48.2 Å². The molecular formula is C18H23NO4. The summed E-state index contributed by atoms with van der Waals surface area (Å²) in [5.41, 5.74) is 2.54. The molecule has 0 unspecified atom stereocenters. The van der Waals surface area contributed by atoms with Crippen molar-refractivity contribution in [3.63, 3.8) is 0 Å². The zero-order valence-corrected chi connectivity index (χ0v) is 13.5. The SMILES string of the molecule is Cc1cc2c(cc1CN1C[C@@H]3[C@H](CO)[C@H]4CC[C@]3(C1)O4)OCO2. The first-order valence-corrected chi connectivity index (χ1v) is 8.59. The second-order valence-electron chi connectivity index (χ2n) is 7.51. The van der Waals surface area contributed by atoms with Gasteiger partial charge in [0.15, 0.2) is 11.5 Å². The van der Waals surface area contributed by atoms with Crippen molar-refractivity contribution < 1.29 is 19.3 Å². The standard InChI is InChI=1S/C18H23NO4/c1-11-4-16-17(22-10-21-16)5-12(11)6-19-7-14-13(8-20)15-2-3-18(14,9-19)23-15/h4-5,13-15,20H,2-3,6-10H2,1H3/t13-,14+,15+,18+/m0/s1. The number of hydrogen-bond acceptors (Lipinski definition) is 5. The molecule has 1 spiro atoms. The van der Waals surface area contributed by atoms with E-state index in [1.165, 1.54) is 11.1 Å². The molecule has 1 aromatic rings. The molecular weight excluding hydrogens is 294 g/mol. The molecule has 5 rings (SSSR count). The van der Waals surface area contributed by atoms with E-state index in [1.54, 1.807) is 0 Å². The molecule has 0 amide bonds. The topological polar surface area (TPSA) is 51.2 Å². The van der Waals surface area contributed by atoms with Gasteiger partial charge in [-0.25, -0.2) is 0 Å². The van der Waals surface area contributed by atoms with Gasteiger partial charge < -0.3 is 19.3 Å². The van der Waals surface area contributed by atoms with Gasteiger partial charge in [-0.3, -0.25) is 4.90 Å². The fraction of sp³-hybridized carbons (Fsp3) is 0.667. The van der Waals surface area contributed by atoms with Crippen molar-refractivity contribution in [2.75, 3.05) is 26.5 Å². The maximum atomic E-state index is 9.73. The van der Waals surface area contributed by atoms with Crippen molar-refractivity contribution >= 4 is 0 Å². The van der Waals surface area contributed by atoms with Crippen LogP contribution in [0.15, 0.2) is 12.1 Å². The summed E-state index contributed by atoms with van der Waals surface area (Å²) in [5, 5.41) is 9.73. The lowest BCUT2D eigenvalue weighted by molar-refractivity contribution is 0.000364. The molecule has 4 heterocycles. The second-order valence-corrected chi connectivity index (χ2v) is 7.51. The van der Waals surface area contributed by atoms with Gasteiger partial charge in [-0.2, -0.15) is 0 Å². The first-order chi connectivity index (χ1) is 11.2. The van der Waals surface area contributed by atoms with Gasteiger partial charge in [-0.1, -0.05) is 0 Å². The third kappa shape index (κ3) is 1.96. The Bertz CT molecular complexity index is 648. The summed E-state index contributed by atoms with van der Waals surface area (Å²) in [6.45, 7) is 5.63. The van der Waals surface area contributed by atoms with Crippen LogP contribution in [0.4, 0.5) is 0 Å². The van der Waals surface area contributed by atoms with E-state index >= 15 is 0 Å². The molecule has 23 heavy (non-hydrogen) atoms. The zero-order valence-electron chi connectivity index (χ0n) is 13.5. The van der Waals surface area contributed by atoms with Crippen molar-refractivity contribution in [3.8, 4) is 11.5 Å². The van der Waals surface area contributed by atoms with Crippen LogP contribution in [0.3, 0.4) is 0 Å². The molecule has 3 saturated heterocycles. The summed E-state index contributed by atoms with van der Waals surface area (Å²) in [6.07, 6.45) is 2.55. The fourth-order valence-electron chi connectivity index (χ4n) is 5.15. The Balaban J connectivity index is 1.37. The molecule has 4 aliphatic rings. The molecule has 4 aliphatic heterocycles. The highest BCUT2D eigenvalue weighted by Crippen LogP contribution is 2.54. The first-order valence-electron chi connectivity index (χ1n) is 8.59. The lowest BCUT2D eigenvalue weighted by atomic mass is 9.74. The Kier molecular flexibility index (Phi) is 2.97. The molecule has 1 N–H and O–H groups in total. The minimum absolute atomic E-state index is 0.00229. The van der Waals surface area contributed by atoms with Crippen molar-refractivity contribution in [3.05, 3.63) is 23.3 Å². The molecule has 0 saturated carbocycles. The first kappa shape index (κ1) is 14.1. The van der Waals surface area contributed by atoms with Gasteiger partial charge in [0.1, 0.15) is 0 Å². The monoisotopic (exact) mass is 317 g/mol. The number of ether oxygens (including phenoxy) is 3. The molecule has 124 valence electrons. The van der Waals surface area contributed by atoms with Crippen LogP contribution in [0, 0.1) is 18.8 Å². The fourth-order valence-corrected chi connectivity index (χ4v) is 5.15. The highest BCUT2D eigenvalue weighted by Gasteiger charge is 2.62. The molecule has 2 bridgehead atoms. The highest BCUT2D eigenvalue weighted by molar-refractivity contribution is 5.48. The number of hydrogen-bond donors (Lipinski definition) is 1. The highest BCUT2D eigenvalue weighted by atomic mass is 16.7. The zero-order chi connectivity index (χ0) is 15.6. The van der Waals surface area contributed by atoms with Crippen LogP contribution in [0.5, 0.6) is 11.5 Å². The molecule has 1 aromatic carbocycles. The van der Waals surface area contributed by atoms with Gasteiger partial charge in [-0.05, 0) is 43.0 Å². The number of fused-ring (bicyclic) bond motifs is 2. The minimum Gasteiger partial charge on any atom is -0.454 e. The van der Waals surface area contributed by atoms with E-state index in [2.05, 4.69) is 24.0 Å². The van der Waals surface area contributed by atoms with Crippen molar-refractivity contribution in [2.45, 2.75) is 38.0 Å². The van der Waals surface area contributed by atoms with Crippen LogP contribution < -0.4 is 9.47 Å². The van der Waals surface area contributed by atoms with E-state index in [0.29, 0.717) is 24.7 Å². The van der Waals surface area contributed by atoms with Crippen LogP contribution in [0.2, 0.25) is 0 Å². The number of benzene rings is 1. The van der Waals surface area contributed by atoms with Gasteiger partial charge in [0, 0.05) is 38.1 Å². The average molecular weight is 317 g/mol. The summed E-state index contributed by atoms with van der Waals surface area (Å²) in [7, 11) is 0. The maximum Gasteiger partial charge on any atom is 0.231 e. The van der Waals surface area contributed by atoms with E-state index in [0.717, 1.165) is 44.0 Å². The summed E-state index contributed by atoms with van der Waals surface area (Å²) < 4.78 is 17.3. The summed E-state index contributed by atoms with van der Waals surface area (Å²) in [5.74, 6) is 2.52. The summed E-state index contributed by atoms with van der Waals surface area (Å²) in [6, 6.07) is 4.19. The smallest absolute Gasteiger partial charge is 0.231 e. The Morgan fingerprint density at radius 2 is 2.13 bits per heavy atom. The van der Waals surface area contributed by atoms with E-state index < -0.39 is 0 Å². The van der Waals surface area contributed by atoms with Gasteiger partial charge in [0.05, 0.1) is 11.7 Å². The second kappa shape index (κ2) is 4.85. The Labute approximate surface area is 136 Å². The predicted octanol–water partition coefficient (Wildman–Crippen LogP) is 1.70. The quantitative estimate of drug-likeness (QED) is 0.919. The normalized spacial score (nSPS) is 37.6. The van der Waals surface area contributed by atoms with Gasteiger partial charge in [0.25, 0.3) is 0 Å².